The number of carbonyl (C=O) groups is 1. The Morgan fingerprint density at radius 3 is 2.56 bits per heavy atom. The second-order valence-electron chi connectivity index (χ2n) is 5.01. The molecule has 2 atom stereocenters. The van der Waals surface area contributed by atoms with Gasteiger partial charge in [0.15, 0.2) is 0 Å². The molecule has 1 amide bonds. The summed E-state index contributed by atoms with van der Waals surface area (Å²) in [7, 11) is 0. The predicted molar refractivity (Wildman–Crippen MR) is 72.2 cm³/mol. The van der Waals surface area contributed by atoms with E-state index in [0.717, 1.165) is 32.4 Å². The van der Waals surface area contributed by atoms with Gasteiger partial charge in [-0.15, -0.1) is 0 Å². The minimum Gasteiger partial charge on any atom is -0.396 e. The third-order valence-corrected chi connectivity index (χ3v) is 3.61. The summed E-state index contributed by atoms with van der Waals surface area (Å²) in [6.07, 6.45) is 4.36. The quantitative estimate of drug-likeness (QED) is 0.575. The maximum atomic E-state index is 12.0. The van der Waals surface area contributed by atoms with Crippen LogP contribution in [0.1, 0.15) is 39.0 Å². The lowest BCUT2D eigenvalue weighted by Gasteiger charge is -2.25. The lowest BCUT2D eigenvalue weighted by atomic mass is 10.1. The Bertz CT molecular complexity index is 242. The van der Waals surface area contributed by atoms with Crippen molar-refractivity contribution in [1.82, 2.24) is 10.2 Å². The van der Waals surface area contributed by atoms with E-state index in [1.165, 1.54) is 0 Å². The largest absolute Gasteiger partial charge is 0.396 e. The van der Waals surface area contributed by atoms with E-state index in [9.17, 15) is 4.79 Å². The van der Waals surface area contributed by atoms with E-state index in [1.54, 1.807) is 0 Å². The Morgan fingerprint density at radius 2 is 2.06 bits per heavy atom. The molecule has 5 heteroatoms. The van der Waals surface area contributed by atoms with E-state index < -0.39 is 0 Å². The molecule has 0 aromatic carbocycles. The Kier molecular flexibility index (Phi) is 7.23. The molecule has 0 aliphatic carbocycles. The van der Waals surface area contributed by atoms with Crippen LogP contribution in [0, 0.1) is 0 Å². The third kappa shape index (κ3) is 4.92. The number of hydrogen-bond donors (Lipinski definition) is 3. The van der Waals surface area contributed by atoms with E-state index >= 15 is 0 Å². The first-order valence-corrected chi connectivity index (χ1v) is 7.06. The fraction of sp³-hybridized carbons (Fsp3) is 0.923. The molecular weight excluding hydrogens is 230 g/mol. The number of aliphatic hydroxyl groups is 1. The number of nitrogens with one attached hydrogen (secondary N) is 1. The lowest BCUT2D eigenvalue weighted by molar-refractivity contribution is -0.130. The number of carbonyl (C=O) groups excluding carboxylic acids is 1. The van der Waals surface area contributed by atoms with Gasteiger partial charge in [-0.25, -0.2) is 0 Å². The summed E-state index contributed by atoms with van der Waals surface area (Å²) < 4.78 is 0. The molecule has 2 unspecified atom stereocenters. The zero-order valence-electron chi connectivity index (χ0n) is 11.4. The number of rotatable bonds is 8. The van der Waals surface area contributed by atoms with Crippen molar-refractivity contribution in [3.63, 3.8) is 0 Å². The average molecular weight is 257 g/mol. The van der Waals surface area contributed by atoms with Crippen LogP contribution in [-0.4, -0.2) is 54.2 Å². The number of nitrogens with zero attached hydrogens (tertiary/aromatic N) is 1. The average Bonchev–Trinajstić information content (AvgIpc) is 2.90. The van der Waals surface area contributed by atoms with Crippen LogP contribution in [0.2, 0.25) is 0 Å². The second kappa shape index (κ2) is 8.45. The highest BCUT2D eigenvalue weighted by Gasteiger charge is 2.22. The van der Waals surface area contributed by atoms with Crippen LogP contribution in [0.25, 0.3) is 0 Å². The zero-order chi connectivity index (χ0) is 13.4. The third-order valence-electron chi connectivity index (χ3n) is 3.61. The summed E-state index contributed by atoms with van der Waals surface area (Å²) in [5.41, 5.74) is 5.72. The van der Waals surface area contributed by atoms with Gasteiger partial charge in [-0.1, -0.05) is 6.92 Å². The number of nitrogens with two attached hydrogens (primary N) is 1. The highest BCUT2D eigenvalue weighted by atomic mass is 16.3. The van der Waals surface area contributed by atoms with Gasteiger partial charge < -0.3 is 21.1 Å². The molecular formula is C13H27N3O2. The van der Waals surface area contributed by atoms with E-state index in [-0.39, 0.29) is 24.6 Å². The number of amides is 1. The van der Waals surface area contributed by atoms with Crippen LogP contribution in [0.15, 0.2) is 0 Å². The summed E-state index contributed by atoms with van der Waals surface area (Å²) in [5, 5.41) is 12.3. The van der Waals surface area contributed by atoms with Crippen molar-refractivity contribution in [3.8, 4) is 0 Å². The summed E-state index contributed by atoms with van der Waals surface area (Å²) in [6, 6.07) is 0.268. The van der Waals surface area contributed by atoms with Crippen LogP contribution in [-0.2, 0) is 4.79 Å². The fourth-order valence-electron chi connectivity index (χ4n) is 2.41. The Morgan fingerprint density at radius 1 is 1.39 bits per heavy atom. The second-order valence-corrected chi connectivity index (χ2v) is 5.01. The molecule has 0 bridgehead atoms. The van der Waals surface area contributed by atoms with Gasteiger partial charge in [0.2, 0.25) is 5.91 Å². The molecule has 106 valence electrons. The molecule has 0 saturated carbocycles. The Hall–Kier alpha value is -0.650. The highest BCUT2D eigenvalue weighted by Crippen LogP contribution is 2.10. The zero-order valence-corrected chi connectivity index (χ0v) is 11.4. The molecule has 1 fully saturated rings. The standard InChI is InChI=1S/C13H27N3O2/c1-2-11(5-8-17)15-12(10-14)9-13(18)16-6-3-4-7-16/h11-12,15,17H,2-10,14H2,1H3. The molecule has 18 heavy (non-hydrogen) atoms. The first-order valence-electron chi connectivity index (χ1n) is 7.06. The van der Waals surface area contributed by atoms with E-state index in [4.69, 9.17) is 10.8 Å². The van der Waals surface area contributed by atoms with Crippen LogP contribution in [0.3, 0.4) is 0 Å². The van der Waals surface area contributed by atoms with E-state index in [1.807, 2.05) is 4.90 Å². The molecule has 5 nitrogen and oxygen atoms in total. The van der Waals surface area contributed by atoms with Gasteiger partial charge >= 0.3 is 0 Å². The van der Waals surface area contributed by atoms with Crippen molar-refractivity contribution in [2.75, 3.05) is 26.2 Å². The molecule has 0 aromatic heterocycles. The normalized spacial score (nSPS) is 18.9. The minimum absolute atomic E-state index is 0.0228. The lowest BCUT2D eigenvalue weighted by Crippen LogP contribution is -2.46. The van der Waals surface area contributed by atoms with Gasteiger partial charge in [-0.2, -0.15) is 0 Å². The SMILES string of the molecule is CCC(CCO)NC(CN)CC(=O)N1CCCC1. The van der Waals surface area contributed by atoms with Crippen molar-refractivity contribution >= 4 is 5.91 Å². The summed E-state index contributed by atoms with van der Waals surface area (Å²) >= 11 is 0. The Labute approximate surface area is 110 Å². The van der Waals surface area contributed by atoms with Crippen LogP contribution in [0.4, 0.5) is 0 Å². The van der Waals surface area contributed by atoms with Crippen LogP contribution < -0.4 is 11.1 Å². The van der Waals surface area contributed by atoms with E-state index in [0.29, 0.717) is 19.4 Å². The Balaban J connectivity index is 2.37. The molecule has 0 aromatic rings. The smallest absolute Gasteiger partial charge is 0.224 e. The van der Waals surface area contributed by atoms with Crippen molar-refractivity contribution < 1.29 is 9.90 Å². The monoisotopic (exact) mass is 257 g/mol. The van der Waals surface area contributed by atoms with Gasteiger partial charge in [0.25, 0.3) is 0 Å². The molecule has 1 aliphatic rings. The van der Waals surface area contributed by atoms with Crippen molar-refractivity contribution in [2.24, 2.45) is 5.73 Å². The first kappa shape index (κ1) is 15.4. The van der Waals surface area contributed by atoms with Crippen LogP contribution >= 0.6 is 0 Å². The molecule has 4 N–H and O–H groups in total. The van der Waals surface area contributed by atoms with Crippen molar-refractivity contribution in [3.05, 3.63) is 0 Å². The summed E-state index contributed by atoms with van der Waals surface area (Å²) in [6.45, 7) is 4.49. The summed E-state index contributed by atoms with van der Waals surface area (Å²) in [4.78, 5) is 14.0. The summed E-state index contributed by atoms with van der Waals surface area (Å²) in [5.74, 6) is 0.203. The fourth-order valence-corrected chi connectivity index (χ4v) is 2.41. The van der Waals surface area contributed by atoms with Gasteiger partial charge in [-0.3, -0.25) is 4.79 Å². The first-order chi connectivity index (χ1) is 8.71. The molecule has 0 radical (unpaired) electrons. The molecule has 1 heterocycles. The molecule has 1 aliphatic heterocycles. The maximum Gasteiger partial charge on any atom is 0.224 e. The predicted octanol–water partition coefficient (Wildman–Crippen LogP) is 0.0768. The maximum absolute atomic E-state index is 12.0. The molecule has 1 saturated heterocycles. The van der Waals surface area contributed by atoms with Gasteiger partial charge in [0, 0.05) is 44.7 Å². The minimum atomic E-state index is 0.0228. The number of aliphatic hydroxyl groups excluding tert-OH is 1. The van der Waals surface area contributed by atoms with Gasteiger partial charge in [0.05, 0.1) is 0 Å². The highest BCUT2D eigenvalue weighted by molar-refractivity contribution is 5.77. The van der Waals surface area contributed by atoms with E-state index in [2.05, 4.69) is 12.2 Å². The van der Waals surface area contributed by atoms with Gasteiger partial charge in [-0.05, 0) is 25.7 Å². The molecule has 0 spiro atoms. The van der Waals surface area contributed by atoms with Crippen molar-refractivity contribution in [1.29, 1.82) is 0 Å². The van der Waals surface area contributed by atoms with Crippen molar-refractivity contribution in [2.45, 2.75) is 51.1 Å². The number of hydrogen-bond acceptors (Lipinski definition) is 4. The van der Waals surface area contributed by atoms with Crippen LogP contribution in [0.5, 0.6) is 0 Å². The van der Waals surface area contributed by atoms with Gasteiger partial charge in [0.1, 0.15) is 0 Å². The number of likely N-dealkylation sites (tertiary alicyclic amines) is 1. The molecule has 1 rings (SSSR count). The topological polar surface area (TPSA) is 78.6 Å².